The molecular formula is C11H22O2. The van der Waals surface area contributed by atoms with Crippen LogP contribution in [0.5, 0.6) is 0 Å². The van der Waals surface area contributed by atoms with Gasteiger partial charge in [0.05, 0.1) is 11.7 Å². The molecule has 0 aromatic heterocycles. The van der Waals surface area contributed by atoms with Gasteiger partial charge in [0.1, 0.15) is 0 Å². The summed E-state index contributed by atoms with van der Waals surface area (Å²) >= 11 is 0. The molecule has 0 bridgehead atoms. The summed E-state index contributed by atoms with van der Waals surface area (Å²) in [6.45, 7) is 4.03. The second kappa shape index (κ2) is 4.43. The first kappa shape index (κ1) is 11.0. The predicted octanol–water partition coefficient (Wildman–Crippen LogP) is 2.09. The zero-order chi connectivity index (χ0) is 9.90. The molecule has 78 valence electrons. The highest BCUT2D eigenvalue weighted by atomic mass is 16.3. The van der Waals surface area contributed by atoms with Crippen molar-refractivity contribution in [3.63, 3.8) is 0 Å². The molecule has 0 saturated heterocycles. The molecule has 0 aromatic carbocycles. The van der Waals surface area contributed by atoms with Crippen LogP contribution in [0.3, 0.4) is 0 Å². The second-order valence-electron chi connectivity index (χ2n) is 4.78. The van der Waals surface area contributed by atoms with Gasteiger partial charge in [0.15, 0.2) is 0 Å². The van der Waals surface area contributed by atoms with Crippen LogP contribution in [0.2, 0.25) is 0 Å². The van der Waals surface area contributed by atoms with Crippen LogP contribution in [0.4, 0.5) is 0 Å². The van der Waals surface area contributed by atoms with E-state index in [0.29, 0.717) is 5.92 Å². The largest absolute Gasteiger partial charge is 0.393 e. The standard InChI is InChI=1S/C11H22O2/c1-9(2)10(12)5-8-11(13)6-3-4-7-11/h9-10,12-13H,3-8H2,1-2H3. The number of aliphatic hydroxyl groups excluding tert-OH is 1. The number of hydrogen-bond acceptors (Lipinski definition) is 2. The Balaban J connectivity index is 2.24. The lowest BCUT2D eigenvalue weighted by Crippen LogP contribution is -2.27. The van der Waals surface area contributed by atoms with Gasteiger partial charge in [-0.1, -0.05) is 26.7 Å². The van der Waals surface area contributed by atoms with Crippen molar-refractivity contribution >= 4 is 0 Å². The summed E-state index contributed by atoms with van der Waals surface area (Å²) in [4.78, 5) is 0. The Morgan fingerprint density at radius 1 is 1.23 bits per heavy atom. The molecule has 13 heavy (non-hydrogen) atoms. The molecule has 1 aliphatic carbocycles. The summed E-state index contributed by atoms with van der Waals surface area (Å²) in [7, 11) is 0. The van der Waals surface area contributed by atoms with Crippen molar-refractivity contribution in [1.29, 1.82) is 0 Å². The van der Waals surface area contributed by atoms with E-state index < -0.39 is 5.60 Å². The van der Waals surface area contributed by atoms with Crippen molar-refractivity contribution in [2.45, 2.75) is 64.1 Å². The van der Waals surface area contributed by atoms with Gasteiger partial charge in [-0.05, 0) is 31.6 Å². The molecule has 1 fully saturated rings. The molecule has 1 rings (SSSR count). The Labute approximate surface area is 81.0 Å². The molecule has 0 amide bonds. The Kier molecular flexibility index (Phi) is 3.74. The van der Waals surface area contributed by atoms with E-state index in [1.165, 1.54) is 0 Å². The molecule has 0 heterocycles. The minimum Gasteiger partial charge on any atom is -0.393 e. The van der Waals surface area contributed by atoms with Crippen LogP contribution in [-0.2, 0) is 0 Å². The van der Waals surface area contributed by atoms with Gasteiger partial charge >= 0.3 is 0 Å². The number of aliphatic hydroxyl groups is 2. The molecule has 0 aromatic rings. The number of hydrogen-bond donors (Lipinski definition) is 2. The molecule has 0 radical (unpaired) electrons. The Hall–Kier alpha value is -0.0800. The van der Waals surface area contributed by atoms with Crippen LogP contribution < -0.4 is 0 Å². The Bertz CT molecular complexity index is 148. The average Bonchev–Trinajstić information content (AvgIpc) is 2.48. The highest BCUT2D eigenvalue weighted by Crippen LogP contribution is 2.34. The number of rotatable bonds is 4. The first-order valence-corrected chi connectivity index (χ1v) is 5.44. The molecular weight excluding hydrogens is 164 g/mol. The van der Waals surface area contributed by atoms with Crippen molar-refractivity contribution < 1.29 is 10.2 Å². The van der Waals surface area contributed by atoms with E-state index in [0.717, 1.165) is 38.5 Å². The summed E-state index contributed by atoms with van der Waals surface area (Å²) in [5.74, 6) is 0.310. The highest BCUT2D eigenvalue weighted by Gasteiger charge is 2.31. The summed E-state index contributed by atoms with van der Waals surface area (Å²) in [6, 6.07) is 0. The van der Waals surface area contributed by atoms with Crippen LogP contribution in [-0.4, -0.2) is 21.9 Å². The molecule has 0 spiro atoms. The lowest BCUT2D eigenvalue weighted by molar-refractivity contribution is 0.0146. The van der Waals surface area contributed by atoms with Gasteiger partial charge in [-0.25, -0.2) is 0 Å². The summed E-state index contributed by atoms with van der Waals surface area (Å²) in [5.41, 5.74) is -0.449. The summed E-state index contributed by atoms with van der Waals surface area (Å²) < 4.78 is 0. The smallest absolute Gasteiger partial charge is 0.0648 e. The fraction of sp³-hybridized carbons (Fsp3) is 1.00. The van der Waals surface area contributed by atoms with E-state index in [1.54, 1.807) is 0 Å². The van der Waals surface area contributed by atoms with Crippen LogP contribution in [0.25, 0.3) is 0 Å². The van der Waals surface area contributed by atoms with Gasteiger partial charge in [0, 0.05) is 0 Å². The second-order valence-corrected chi connectivity index (χ2v) is 4.78. The first-order valence-electron chi connectivity index (χ1n) is 5.44. The van der Waals surface area contributed by atoms with Gasteiger partial charge in [-0.15, -0.1) is 0 Å². The van der Waals surface area contributed by atoms with E-state index in [4.69, 9.17) is 0 Å². The van der Waals surface area contributed by atoms with Crippen LogP contribution in [0.15, 0.2) is 0 Å². The van der Waals surface area contributed by atoms with E-state index in [-0.39, 0.29) is 6.10 Å². The van der Waals surface area contributed by atoms with Gasteiger partial charge in [-0.3, -0.25) is 0 Å². The van der Waals surface area contributed by atoms with E-state index in [1.807, 2.05) is 13.8 Å². The molecule has 2 heteroatoms. The average molecular weight is 186 g/mol. The minimum atomic E-state index is -0.449. The first-order chi connectivity index (χ1) is 6.03. The zero-order valence-electron chi connectivity index (χ0n) is 8.79. The molecule has 1 saturated carbocycles. The van der Waals surface area contributed by atoms with Crippen molar-refractivity contribution in [3.8, 4) is 0 Å². The quantitative estimate of drug-likeness (QED) is 0.705. The summed E-state index contributed by atoms with van der Waals surface area (Å²) in [6.07, 6.45) is 5.42. The Morgan fingerprint density at radius 2 is 1.77 bits per heavy atom. The monoisotopic (exact) mass is 186 g/mol. The fourth-order valence-corrected chi connectivity index (χ4v) is 2.03. The lowest BCUT2D eigenvalue weighted by atomic mass is 9.91. The molecule has 1 aliphatic rings. The van der Waals surface area contributed by atoms with Gasteiger partial charge in [0.2, 0.25) is 0 Å². The minimum absolute atomic E-state index is 0.246. The molecule has 1 atom stereocenters. The van der Waals surface area contributed by atoms with E-state index in [9.17, 15) is 10.2 Å². The maximum atomic E-state index is 10.0. The van der Waals surface area contributed by atoms with Gasteiger partial charge < -0.3 is 10.2 Å². The predicted molar refractivity (Wildman–Crippen MR) is 53.5 cm³/mol. The van der Waals surface area contributed by atoms with Crippen molar-refractivity contribution in [2.75, 3.05) is 0 Å². The van der Waals surface area contributed by atoms with E-state index in [2.05, 4.69) is 0 Å². The topological polar surface area (TPSA) is 40.5 Å². The van der Waals surface area contributed by atoms with Crippen molar-refractivity contribution in [2.24, 2.45) is 5.92 Å². The van der Waals surface area contributed by atoms with Crippen LogP contribution in [0.1, 0.15) is 52.4 Å². The molecule has 2 nitrogen and oxygen atoms in total. The summed E-state index contributed by atoms with van der Waals surface area (Å²) in [5, 5.41) is 19.6. The fourth-order valence-electron chi connectivity index (χ4n) is 2.03. The molecule has 1 unspecified atom stereocenters. The normalized spacial score (nSPS) is 23.8. The third-order valence-corrected chi connectivity index (χ3v) is 3.21. The third kappa shape index (κ3) is 3.28. The SMILES string of the molecule is CC(C)C(O)CCC1(O)CCCC1. The van der Waals surface area contributed by atoms with Gasteiger partial charge in [0.25, 0.3) is 0 Å². The van der Waals surface area contributed by atoms with E-state index >= 15 is 0 Å². The maximum absolute atomic E-state index is 10.0. The Morgan fingerprint density at radius 3 is 2.23 bits per heavy atom. The van der Waals surface area contributed by atoms with Crippen molar-refractivity contribution in [1.82, 2.24) is 0 Å². The van der Waals surface area contributed by atoms with Crippen LogP contribution in [0, 0.1) is 5.92 Å². The highest BCUT2D eigenvalue weighted by molar-refractivity contribution is 4.84. The van der Waals surface area contributed by atoms with Crippen molar-refractivity contribution in [3.05, 3.63) is 0 Å². The molecule has 0 aliphatic heterocycles. The zero-order valence-corrected chi connectivity index (χ0v) is 8.79. The van der Waals surface area contributed by atoms with Gasteiger partial charge in [-0.2, -0.15) is 0 Å². The lowest BCUT2D eigenvalue weighted by Gasteiger charge is -2.24. The maximum Gasteiger partial charge on any atom is 0.0648 e. The van der Waals surface area contributed by atoms with Crippen LogP contribution >= 0.6 is 0 Å². The molecule has 2 N–H and O–H groups in total. The third-order valence-electron chi connectivity index (χ3n) is 3.21.